The van der Waals surface area contributed by atoms with Crippen molar-refractivity contribution in [2.24, 2.45) is 0 Å². The van der Waals surface area contributed by atoms with Crippen LogP contribution in [0.5, 0.6) is 5.75 Å². The fraction of sp³-hybridized carbons (Fsp3) is 0.111. The summed E-state index contributed by atoms with van der Waals surface area (Å²) in [6.07, 6.45) is 0. The fourth-order valence-electron chi connectivity index (χ4n) is 2.67. The summed E-state index contributed by atoms with van der Waals surface area (Å²) >= 11 is 18.8. The molecular weight excluding hydrogens is 339 g/mol. The molecule has 112 valence electrons. The van der Waals surface area contributed by atoms with Crippen molar-refractivity contribution >= 4 is 45.6 Å². The van der Waals surface area contributed by atoms with Crippen molar-refractivity contribution < 1.29 is 5.11 Å². The van der Waals surface area contributed by atoms with Crippen LogP contribution in [0.4, 0.5) is 0 Å². The molecule has 1 nitrogen and oxygen atoms in total. The highest BCUT2D eigenvalue weighted by atomic mass is 35.5. The van der Waals surface area contributed by atoms with Gasteiger partial charge in [-0.25, -0.2) is 0 Å². The Balaban J connectivity index is 2.46. The van der Waals surface area contributed by atoms with Crippen LogP contribution >= 0.6 is 34.8 Å². The zero-order chi connectivity index (χ0) is 16.0. The van der Waals surface area contributed by atoms with Gasteiger partial charge in [-0.1, -0.05) is 34.8 Å². The van der Waals surface area contributed by atoms with Crippen molar-refractivity contribution in [2.75, 3.05) is 0 Å². The van der Waals surface area contributed by atoms with Crippen molar-refractivity contribution in [2.45, 2.75) is 13.8 Å². The number of aryl methyl sites for hydroxylation is 2. The molecule has 0 atom stereocenters. The minimum Gasteiger partial charge on any atom is -0.507 e. The van der Waals surface area contributed by atoms with Crippen molar-refractivity contribution in [1.29, 1.82) is 0 Å². The van der Waals surface area contributed by atoms with E-state index in [1.165, 1.54) is 0 Å². The molecule has 3 rings (SSSR count). The van der Waals surface area contributed by atoms with Crippen LogP contribution in [-0.4, -0.2) is 5.11 Å². The second kappa shape index (κ2) is 5.66. The third kappa shape index (κ3) is 2.54. The van der Waals surface area contributed by atoms with Crippen molar-refractivity contribution in [3.63, 3.8) is 0 Å². The minimum atomic E-state index is 0.255. The SMILES string of the molecule is Cc1cc(Cl)cc(-c2cc(C)c(O)c3ccc(Cl)cc23)c1Cl. The molecule has 0 aliphatic carbocycles. The van der Waals surface area contributed by atoms with Crippen LogP contribution in [0.3, 0.4) is 0 Å². The predicted octanol–water partition coefficient (Wildman–Crippen LogP) is 6.79. The van der Waals surface area contributed by atoms with Crippen LogP contribution < -0.4 is 0 Å². The Hall–Kier alpha value is -1.41. The highest BCUT2D eigenvalue weighted by molar-refractivity contribution is 6.36. The molecule has 22 heavy (non-hydrogen) atoms. The van der Waals surface area contributed by atoms with Crippen LogP contribution in [0.2, 0.25) is 15.1 Å². The molecular formula is C18H13Cl3O. The molecule has 3 aromatic carbocycles. The Bertz CT molecular complexity index is 901. The first-order chi connectivity index (χ1) is 10.4. The van der Waals surface area contributed by atoms with Gasteiger partial charge in [-0.05, 0) is 72.3 Å². The number of hydrogen-bond acceptors (Lipinski definition) is 1. The molecule has 0 aliphatic heterocycles. The first-order valence-electron chi connectivity index (χ1n) is 6.76. The summed E-state index contributed by atoms with van der Waals surface area (Å²) in [5, 5.41) is 13.8. The second-order valence-corrected chi connectivity index (χ2v) is 6.61. The Kier molecular flexibility index (Phi) is 3.98. The summed E-state index contributed by atoms with van der Waals surface area (Å²) in [5.41, 5.74) is 3.43. The van der Waals surface area contributed by atoms with Crippen LogP contribution in [0.15, 0.2) is 36.4 Å². The molecule has 0 radical (unpaired) electrons. The number of benzene rings is 3. The third-order valence-corrected chi connectivity index (χ3v) is 4.73. The van der Waals surface area contributed by atoms with E-state index in [-0.39, 0.29) is 5.75 Å². The normalized spacial score (nSPS) is 11.1. The van der Waals surface area contributed by atoms with Crippen LogP contribution in [0.1, 0.15) is 11.1 Å². The maximum absolute atomic E-state index is 10.3. The molecule has 0 saturated heterocycles. The molecule has 0 heterocycles. The number of phenolic OH excluding ortho intramolecular Hbond substituents is 1. The van der Waals surface area contributed by atoms with E-state index in [4.69, 9.17) is 34.8 Å². The minimum absolute atomic E-state index is 0.255. The van der Waals surface area contributed by atoms with Gasteiger partial charge in [0.15, 0.2) is 0 Å². The standard InChI is InChI=1S/C18H13Cl3O/c1-9-5-12(20)8-16(17(9)21)14-6-10(2)18(22)13-4-3-11(19)7-15(13)14/h3-8,22H,1-2H3. The largest absolute Gasteiger partial charge is 0.507 e. The van der Waals surface area contributed by atoms with Gasteiger partial charge in [0.1, 0.15) is 5.75 Å². The summed E-state index contributed by atoms with van der Waals surface area (Å²) < 4.78 is 0. The molecule has 0 aliphatic rings. The average Bonchev–Trinajstić information content (AvgIpc) is 2.46. The zero-order valence-electron chi connectivity index (χ0n) is 12.0. The highest BCUT2D eigenvalue weighted by Gasteiger charge is 2.15. The van der Waals surface area contributed by atoms with Crippen LogP contribution in [-0.2, 0) is 0 Å². The van der Waals surface area contributed by atoms with E-state index in [0.717, 1.165) is 33.0 Å². The molecule has 0 unspecified atom stereocenters. The molecule has 0 saturated carbocycles. The Labute approximate surface area is 144 Å². The van der Waals surface area contributed by atoms with Crippen molar-refractivity contribution in [1.82, 2.24) is 0 Å². The van der Waals surface area contributed by atoms with Gasteiger partial charge in [0.05, 0.1) is 5.02 Å². The average molecular weight is 352 g/mol. The van der Waals surface area contributed by atoms with E-state index in [1.807, 2.05) is 44.2 Å². The summed E-state index contributed by atoms with van der Waals surface area (Å²) in [6.45, 7) is 3.78. The van der Waals surface area contributed by atoms with Gasteiger partial charge in [0.2, 0.25) is 0 Å². The summed E-state index contributed by atoms with van der Waals surface area (Å²) in [4.78, 5) is 0. The van der Waals surface area contributed by atoms with Gasteiger partial charge in [-0.15, -0.1) is 0 Å². The van der Waals surface area contributed by atoms with E-state index in [1.54, 1.807) is 6.07 Å². The lowest BCUT2D eigenvalue weighted by molar-refractivity contribution is 0.477. The monoisotopic (exact) mass is 350 g/mol. The molecule has 0 bridgehead atoms. The number of rotatable bonds is 1. The maximum atomic E-state index is 10.3. The van der Waals surface area contributed by atoms with Gasteiger partial charge in [0, 0.05) is 21.0 Å². The molecule has 0 fully saturated rings. The smallest absolute Gasteiger partial charge is 0.126 e. The Morgan fingerprint density at radius 3 is 2.18 bits per heavy atom. The predicted molar refractivity (Wildman–Crippen MR) is 95.6 cm³/mol. The lowest BCUT2D eigenvalue weighted by Gasteiger charge is -2.14. The van der Waals surface area contributed by atoms with Gasteiger partial charge < -0.3 is 5.11 Å². The first kappa shape index (κ1) is 15.5. The van der Waals surface area contributed by atoms with Crippen LogP contribution in [0, 0.1) is 13.8 Å². The van der Waals surface area contributed by atoms with E-state index >= 15 is 0 Å². The van der Waals surface area contributed by atoms with E-state index < -0.39 is 0 Å². The number of halogens is 3. The number of hydrogen-bond donors (Lipinski definition) is 1. The molecule has 0 spiro atoms. The van der Waals surface area contributed by atoms with Gasteiger partial charge in [0.25, 0.3) is 0 Å². The van der Waals surface area contributed by atoms with Crippen molar-refractivity contribution in [3.05, 3.63) is 62.6 Å². The molecule has 4 heteroatoms. The van der Waals surface area contributed by atoms with E-state index in [9.17, 15) is 5.11 Å². The topological polar surface area (TPSA) is 20.2 Å². The lowest BCUT2D eigenvalue weighted by atomic mass is 9.94. The summed E-state index contributed by atoms with van der Waals surface area (Å²) in [5.74, 6) is 0.255. The Morgan fingerprint density at radius 2 is 1.45 bits per heavy atom. The Morgan fingerprint density at radius 1 is 0.727 bits per heavy atom. The lowest BCUT2D eigenvalue weighted by Crippen LogP contribution is -1.89. The van der Waals surface area contributed by atoms with E-state index in [0.29, 0.717) is 15.1 Å². The number of fused-ring (bicyclic) bond motifs is 1. The second-order valence-electron chi connectivity index (χ2n) is 5.36. The molecule has 3 aromatic rings. The van der Waals surface area contributed by atoms with Gasteiger partial charge in [-0.2, -0.15) is 0 Å². The highest BCUT2D eigenvalue weighted by Crippen LogP contribution is 2.41. The van der Waals surface area contributed by atoms with Gasteiger partial charge >= 0.3 is 0 Å². The molecule has 1 N–H and O–H groups in total. The third-order valence-electron chi connectivity index (χ3n) is 3.77. The van der Waals surface area contributed by atoms with Crippen LogP contribution in [0.25, 0.3) is 21.9 Å². The van der Waals surface area contributed by atoms with Crippen molar-refractivity contribution in [3.8, 4) is 16.9 Å². The van der Waals surface area contributed by atoms with E-state index in [2.05, 4.69) is 0 Å². The summed E-state index contributed by atoms with van der Waals surface area (Å²) in [7, 11) is 0. The molecule has 0 amide bonds. The fourth-order valence-corrected chi connectivity index (χ4v) is 3.32. The zero-order valence-corrected chi connectivity index (χ0v) is 14.3. The quantitative estimate of drug-likeness (QED) is 0.511. The number of phenols is 1. The molecule has 0 aromatic heterocycles. The van der Waals surface area contributed by atoms with Gasteiger partial charge in [-0.3, -0.25) is 0 Å². The first-order valence-corrected chi connectivity index (χ1v) is 7.89. The summed E-state index contributed by atoms with van der Waals surface area (Å²) in [6, 6.07) is 11.0. The maximum Gasteiger partial charge on any atom is 0.126 e. The number of aromatic hydroxyl groups is 1.